The number of carbonyl (C=O) groups is 1. The van der Waals surface area contributed by atoms with Gasteiger partial charge >= 0.3 is 0 Å². The first-order chi connectivity index (χ1) is 15.7. The van der Waals surface area contributed by atoms with E-state index < -0.39 is 44.5 Å². The molecule has 0 aliphatic carbocycles. The van der Waals surface area contributed by atoms with Crippen molar-refractivity contribution in [3.05, 3.63) is 77.8 Å². The summed E-state index contributed by atoms with van der Waals surface area (Å²) in [5.74, 6) is -5.97. The highest BCUT2D eigenvalue weighted by molar-refractivity contribution is 7.92. The second kappa shape index (κ2) is 8.62. The van der Waals surface area contributed by atoms with Crippen molar-refractivity contribution in [2.75, 3.05) is 10.5 Å². The number of benzene rings is 2. The van der Waals surface area contributed by atoms with Gasteiger partial charge < -0.3 is 0 Å². The molecule has 2 aromatic heterocycles. The number of ketones is 1. The highest BCUT2D eigenvalue weighted by Crippen LogP contribution is 2.28. The van der Waals surface area contributed by atoms with Crippen molar-refractivity contribution in [1.29, 1.82) is 0 Å². The van der Waals surface area contributed by atoms with Crippen LogP contribution in [0, 0.1) is 17.5 Å². The van der Waals surface area contributed by atoms with Gasteiger partial charge in [-0.15, -0.1) is 0 Å². The Balaban J connectivity index is 1.78. The van der Waals surface area contributed by atoms with Gasteiger partial charge in [-0.2, -0.15) is 0 Å². The fourth-order valence-electron chi connectivity index (χ4n) is 3.17. The Kier molecular flexibility index (Phi) is 5.85. The van der Waals surface area contributed by atoms with Crippen LogP contribution >= 0.6 is 0 Å². The number of nitrogens with one attached hydrogen (secondary N) is 1. The van der Waals surface area contributed by atoms with Gasteiger partial charge in [0.25, 0.3) is 0 Å². The maximum Gasteiger partial charge on any atom is 0.232 e. The Morgan fingerprint density at radius 3 is 2.61 bits per heavy atom. The maximum absolute atomic E-state index is 15.0. The van der Waals surface area contributed by atoms with Crippen molar-refractivity contribution in [2.45, 2.75) is 13.3 Å². The lowest BCUT2D eigenvalue weighted by atomic mass is 10.0. The number of rotatable bonds is 7. The van der Waals surface area contributed by atoms with Crippen LogP contribution < -0.4 is 4.72 Å². The molecular formula is C21H16F3N5O3S. The molecule has 0 saturated heterocycles. The van der Waals surface area contributed by atoms with Crippen molar-refractivity contribution in [2.24, 2.45) is 0 Å². The number of hydrogen-bond donors (Lipinski definition) is 1. The molecule has 0 aliphatic rings. The molecule has 1 N–H and O–H groups in total. The number of halogens is 3. The molecule has 4 rings (SSSR count). The van der Waals surface area contributed by atoms with Gasteiger partial charge in [-0.05, 0) is 24.6 Å². The molecule has 0 aliphatic heterocycles. The first-order valence-electron chi connectivity index (χ1n) is 9.68. The standard InChI is InChI=1S/C21H16F3N5O3S/c1-2-7-33(31,32)28-16-9-13(22)19(23)18(20(16)24)21(30)12-3-4-14-15(8-12)27-17(10-26-14)29-6-5-25-11-29/h3-6,8-11,28H,2,7H2,1H3. The molecule has 0 spiro atoms. The van der Waals surface area contributed by atoms with Crippen LogP contribution in [0.4, 0.5) is 18.9 Å². The van der Waals surface area contributed by atoms with E-state index >= 15 is 0 Å². The lowest BCUT2D eigenvalue weighted by Crippen LogP contribution is -2.19. The third-order valence-electron chi connectivity index (χ3n) is 4.68. The minimum Gasteiger partial charge on any atom is -0.289 e. The van der Waals surface area contributed by atoms with E-state index in [0.29, 0.717) is 17.4 Å². The van der Waals surface area contributed by atoms with Crippen LogP contribution in [-0.2, 0) is 10.0 Å². The monoisotopic (exact) mass is 475 g/mol. The average molecular weight is 475 g/mol. The number of sulfonamides is 1. The van der Waals surface area contributed by atoms with E-state index in [-0.39, 0.29) is 23.3 Å². The number of imidazole rings is 1. The third-order valence-corrected chi connectivity index (χ3v) is 6.16. The van der Waals surface area contributed by atoms with Crippen LogP contribution in [-0.4, -0.2) is 39.5 Å². The SMILES string of the molecule is CCCS(=O)(=O)Nc1cc(F)c(F)c(C(=O)c2ccc3ncc(-n4ccnc4)nc3c2)c1F. The molecule has 0 fully saturated rings. The Hall–Kier alpha value is -3.80. The van der Waals surface area contributed by atoms with E-state index in [4.69, 9.17) is 0 Å². The summed E-state index contributed by atoms with van der Waals surface area (Å²) in [6, 6.07) is 4.31. The van der Waals surface area contributed by atoms with Crippen molar-refractivity contribution in [3.8, 4) is 5.82 Å². The van der Waals surface area contributed by atoms with Gasteiger partial charge in [-0.3, -0.25) is 19.1 Å². The summed E-state index contributed by atoms with van der Waals surface area (Å²) in [4.78, 5) is 25.4. The number of anilines is 1. The van der Waals surface area contributed by atoms with E-state index in [2.05, 4.69) is 15.0 Å². The molecule has 0 atom stereocenters. The molecule has 0 amide bonds. The molecule has 0 radical (unpaired) electrons. The summed E-state index contributed by atoms with van der Waals surface area (Å²) in [5, 5.41) is 0. The van der Waals surface area contributed by atoms with Gasteiger partial charge in [0.05, 0.1) is 34.2 Å². The van der Waals surface area contributed by atoms with Crippen molar-refractivity contribution in [3.63, 3.8) is 0 Å². The zero-order valence-electron chi connectivity index (χ0n) is 17.1. The van der Waals surface area contributed by atoms with Crippen LogP contribution in [0.3, 0.4) is 0 Å². The molecule has 4 aromatic rings. The van der Waals surface area contributed by atoms with Gasteiger partial charge in [-0.25, -0.2) is 31.6 Å². The Morgan fingerprint density at radius 2 is 1.91 bits per heavy atom. The van der Waals surface area contributed by atoms with E-state index in [9.17, 15) is 26.4 Å². The van der Waals surface area contributed by atoms with Crippen molar-refractivity contribution < 1.29 is 26.4 Å². The molecule has 12 heteroatoms. The minimum absolute atomic E-state index is 0.189. The van der Waals surface area contributed by atoms with Crippen LogP contribution in [0.25, 0.3) is 16.9 Å². The molecule has 33 heavy (non-hydrogen) atoms. The molecule has 0 unspecified atom stereocenters. The largest absolute Gasteiger partial charge is 0.289 e. The molecular weight excluding hydrogens is 459 g/mol. The van der Waals surface area contributed by atoms with Crippen molar-refractivity contribution >= 4 is 32.5 Å². The molecule has 0 bridgehead atoms. The molecule has 2 heterocycles. The van der Waals surface area contributed by atoms with Crippen LogP contribution in [0.1, 0.15) is 29.3 Å². The highest BCUT2D eigenvalue weighted by Gasteiger charge is 2.27. The van der Waals surface area contributed by atoms with Gasteiger partial charge in [0.2, 0.25) is 10.0 Å². The van der Waals surface area contributed by atoms with Gasteiger partial charge in [0, 0.05) is 24.0 Å². The van der Waals surface area contributed by atoms with E-state index in [1.165, 1.54) is 36.9 Å². The fraction of sp³-hybridized carbons (Fsp3) is 0.143. The first-order valence-corrected chi connectivity index (χ1v) is 11.3. The van der Waals surface area contributed by atoms with E-state index in [0.717, 1.165) is 0 Å². The van der Waals surface area contributed by atoms with Gasteiger partial charge in [0.1, 0.15) is 6.33 Å². The lowest BCUT2D eigenvalue weighted by Gasteiger charge is -2.12. The zero-order chi connectivity index (χ0) is 23.8. The topological polar surface area (TPSA) is 107 Å². The summed E-state index contributed by atoms with van der Waals surface area (Å²) >= 11 is 0. The van der Waals surface area contributed by atoms with Crippen LogP contribution in [0.15, 0.2) is 49.2 Å². The molecule has 170 valence electrons. The fourth-order valence-corrected chi connectivity index (χ4v) is 4.29. The van der Waals surface area contributed by atoms with Crippen molar-refractivity contribution in [1.82, 2.24) is 19.5 Å². The summed E-state index contributed by atoms with van der Waals surface area (Å²) in [6.07, 6.45) is 6.35. The second-order valence-corrected chi connectivity index (χ2v) is 8.90. The van der Waals surface area contributed by atoms with Crippen LogP contribution in [0.5, 0.6) is 0 Å². The number of fused-ring (bicyclic) bond motifs is 1. The number of hydrogen-bond acceptors (Lipinski definition) is 6. The predicted octanol–water partition coefficient (Wildman–Crippen LogP) is 3.62. The highest BCUT2D eigenvalue weighted by atomic mass is 32.2. The Morgan fingerprint density at radius 1 is 1.12 bits per heavy atom. The molecule has 2 aromatic carbocycles. The molecule has 0 saturated carbocycles. The third kappa shape index (κ3) is 4.42. The summed E-state index contributed by atoms with van der Waals surface area (Å²) in [6.45, 7) is 1.58. The predicted molar refractivity (Wildman–Crippen MR) is 114 cm³/mol. The Labute approximate surface area is 186 Å². The Bertz CT molecular complexity index is 1470. The lowest BCUT2D eigenvalue weighted by molar-refractivity contribution is 0.103. The minimum atomic E-state index is -4.02. The zero-order valence-corrected chi connectivity index (χ0v) is 17.9. The van der Waals surface area contributed by atoms with E-state index in [1.807, 2.05) is 4.72 Å². The number of aromatic nitrogens is 4. The maximum atomic E-state index is 15.0. The normalized spacial score (nSPS) is 11.6. The first kappa shape index (κ1) is 22.4. The molecule has 8 nitrogen and oxygen atoms in total. The summed E-state index contributed by atoms with van der Waals surface area (Å²) < 4.78 is 71.0. The summed E-state index contributed by atoms with van der Waals surface area (Å²) in [7, 11) is -4.02. The summed E-state index contributed by atoms with van der Waals surface area (Å²) in [5.41, 5.74) is -1.61. The average Bonchev–Trinajstić information content (AvgIpc) is 3.31. The second-order valence-electron chi connectivity index (χ2n) is 7.06. The number of carbonyl (C=O) groups excluding carboxylic acids is 1. The van der Waals surface area contributed by atoms with Gasteiger partial charge in [-0.1, -0.05) is 6.92 Å². The smallest absolute Gasteiger partial charge is 0.232 e. The number of nitrogens with zero attached hydrogens (tertiary/aromatic N) is 4. The van der Waals surface area contributed by atoms with Gasteiger partial charge in [0.15, 0.2) is 29.1 Å². The van der Waals surface area contributed by atoms with Crippen LogP contribution in [0.2, 0.25) is 0 Å². The quantitative estimate of drug-likeness (QED) is 0.323. The van der Waals surface area contributed by atoms with E-state index in [1.54, 1.807) is 17.7 Å².